The number of carbonyl (C=O) groups is 1. The van der Waals surface area contributed by atoms with Gasteiger partial charge >= 0.3 is 0 Å². The lowest BCUT2D eigenvalue weighted by atomic mass is 10.1. The van der Waals surface area contributed by atoms with Crippen molar-refractivity contribution in [1.82, 2.24) is 5.32 Å². The second kappa shape index (κ2) is 8.00. The third kappa shape index (κ3) is 5.18. The van der Waals surface area contributed by atoms with Gasteiger partial charge in [-0.2, -0.15) is 0 Å². The molecule has 0 aromatic rings. The molecule has 0 aromatic carbocycles. The first-order valence-corrected chi connectivity index (χ1v) is 4.90. The highest BCUT2D eigenvalue weighted by atomic mass is 16.5. The van der Waals surface area contributed by atoms with Crippen molar-refractivity contribution in [2.75, 3.05) is 20.3 Å². The smallest absolute Gasteiger partial charge is 0.251 e. The van der Waals surface area contributed by atoms with Gasteiger partial charge in [0.05, 0.1) is 6.61 Å². The summed E-state index contributed by atoms with van der Waals surface area (Å²) >= 11 is 0. The van der Waals surface area contributed by atoms with Crippen LogP contribution in [0.2, 0.25) is 0 Å². The molecule has 0 aromatic heterocycles. The highest BCUT2D eigenvalue weighted by molar-refractivity contribution is 5.97. The molecule has 0 fully saturated rings. The lowest BCUT2D eigenvalue weighted by Gasteiger charge is -2.08. The van der Waals surface area contributed by atoms with Crippen molar-refractivity contribution in [3.8, 4) is 0 Å². The standard InChI is InChI=1S/C12H19NO2/c1-5-7-10(3)11(6-2)12(14)13-8-9-15-4/h5-7H,1,8-9H2,2-4H3,(H,13,14)/b10-7+,11-6+. The molecule has 0 aliphatic rings. The minimum Gasteiger partial charge on any atom is -0.383 e. The molecule has 3 heteroatoms. The lowest BCUT2D eigenvalue weighted by Crippen LogP contribution is -2.28. The lowest BCUT2D eigenvalue weighted by molar-refractivity contribution is -0.117. The average molecular weight is 209 g/mol. The van der Waals surface area contributed by atoms with E-state index >= 15 is 0 Å². The van der Waals surface area contributed by atoms with Gasteiger partial charge in [-0.15, -0.1) is 0 Å². The molecule has 0 atom stereocenters. The van der Waals surface area contributed by atoms with Crippen LogP contribution in [0.3, 0.4) is 0 Å². The van der Waals surface area contributed by atoms with Crippen molar-refractivity contribution in [2.45, 2.75) is 13.8 Å². The van der Waals surface area contributed by atoms with Gasteiger partial charge in [-0.3, -0.25) is 4.79 Å². The van der Waals surface area contributed by atoms with E-state index < -0.39 is 0 Å². The summed E-state index contributed by atoms with van der Waals surface area (Å²) in [5, 5.41) is 2.77. The van der Waals surface area contributed by atoms with Gasteiger partial charge in [-0.25, -0.2) is 0 Å². The third-order valence-electron chi connectivity index (χ3n) is 1.92. The van der Waals surface area contributed by atoms with E-state index in [9.17, 15) is 4.79 Å². The highest BCUT2D eigenvalue weighted by Crippen LogP contribution is 2.08. The summed E-state index contributed by atoms with van der Waals surface area (Å²) in [5.74, 6) is -0.0786. The Balaban J connectivity index is 4.37. The molecule has 1 N–H and O–H groups in total. The van der Waals surface area contributed by atoms with Crippen LogP contribution in [0.15, 0.2) is 36.0 Å². The molecular formula is C12H19NO2. The Morgan fingerprint density at radius 1 is 1.53 bits per heavy atom. The number of allylic oxidation sites excluding steroid dienone is 3. The zero-order valence-corrected chi connectivity index (χ0v) is 9.67. The monoisotopic (exact) mass is 209 g/mol. The van der Waals surface area contributed by atoms with E-state index in [-0.39, 0.29) is 5.91 Å². The van der Waals surface area contributed by atoms with Crippen LogP contribution in [0.25, 0.3) is 0 Å². The average Bonchev–Trinajstić information content (AvgIpc) is 2.19. The van der Waals surface area contributed by atoms with Crippen LogP contribution < -0.4 is 5.32 Å². The summed E-state index contributed by atoms with van der Waals surface area (Å²) in [4.78, 5) is 11.7. The van der Waals surface area contributed by atoms with Gasteiger partial charge in [0.2, 0.25) is 0 Å². The van der Waals surface area contributed by atoms with Gasteiger partial charge in [0.1, 0.15) is 0 Å². The number of ether oxygens (including phenoxy) is 1. The second-order valence-corrected chi connectivity index (χ2v) is 3.04. The van der Waals surface area contributed by atoms with Gasteiger partial charge in [-0.05, 0) is 19.4 Å². The van der Waals surface area contributed by atoms with Crippen molar-refractivity contribution < 1.29 is 9.53 Å². The minimum absolute atomic E-state index is 0.0786. The first-order chi connectivity index (χ1) is 7.17. The molecule has 0 bridgehead atoms. The molecule has 0 aliphatic heterocycles. The van der Waals surface area contributed by atoms with E-state index in [1.807, 2.05) is 19.9 Å². The SMILES string of the molecule is C=C/C=C(C)/C(=C\C)C(=O)NCCOC. The maximum atomic E-state index is 11.7. The summed E-state index contributed by atoms with van der Waals surface area (Å²) in [6.07, 6.45) is 5.27. The van der Waals surface area contributed by atoms with E-state index in [0.29, 0.717) is 18.7 Å². The van der Waals surface area contributed by atoms with Crippen LogP contribution >= 0.6 is 0 Å². The van der Waals surface area contributed by atoms with Crippen molar-refractivity contribution in [1.29, 1.82) is 0 Å². The molecular weight excluding hydrogens is 190 g/mol. The number of amides is 1. The van der Waals surface area contributed by atoms with Crippen LogP contribution in [0.4, 0.5) is 0 Å². The zero-order chi connectivity index (χ0) is 11.7. The zero-order valence-electron chi connectivity index (χ0n) is 9.67. The molecule has 0 spiro atoms. The normalized spacial score (nSPS) is 12.5. The fourth-order valence-electron chi connectivity index (χ4n) is 1.17. The number of methoxy groups -OCH3 is 1. The Morgan fingerprint density at radius 2 is 2.20 bits per heavy atom. The Bertz CT molecular complexity index is 277. The summed E-state index contributed by atoms with van der Waals surface area (Å²) in [6, 6.07) is 0. The Labute approximate surface area is 91.5 Å². The van der Waals surface area contributed by atoms with E-state index in [0.717, 1.165) is 5.57 Å². The quantitative estimate of drug-likeness (QED) is 0.412. The van der Waals surface area contributed by atoms with Gasteiger partial charge < -0.3 is 10.1 Å². The summed E-state index contributed by atoms with van der Waals surface area (Å²) < 4.78 is 4.85. The summed E-state index contributed by atoms with van der Waals surface area (Å²) in [6.45, 7) is 8.36. The number of hydrogen-bond acceptors (Lipinski definition) is 2. The number of nitrogens with one attached hydrogen (secondary N) is 1. The molecule has 0 rings (SSSR count). The van der Waals surface area contributed by atoms with Crippen molar-refractivity contribution >= 4 is 5.91 Å². The molecule has 3 nitrogen and oxygen atoms in total. The van der Waals surface area contributed by atoms with Crippen molar-refractivity contribution in [3.05, 3.63) is 36.0 Å². The van der Waals surface area contributed by atoms with Gasteiger partial charge in [0.15, 0.2) is 0 Å². The van der Waals surface area contributed by atoms with E-state index in [4.69, 9.17) is 4.74 Å². The maximum Gasteiger partial charge on any atom is 0.251 e. The van der Waals surface area contributed by atoms with E-state index in [1.165, 1.54) is 0 Å². The second-order valence-electron chi connectivity index (χ2n) is 3.04. The highest BCUT2D eigenvalue weighted by Gasteiger charge is 2.08. The molecule has 0 unspecified atom stereocenters. The summed E-state index contributed by atoms with van der Waals surface area (Å²) in [5.41, 5.74) is 1.58. The summed E-state index contributed by atoms with van der Waals surface area (Å²) in [7, 11) is 1.60. The first-order valence-electron chi connectivity index (χ1n) is 4.90. The van der Waals surface area contributed by atoms with E-state index in [2.05, 4.69) is 11.9 Å². The predicted molar refractivity (Wildman–Crippen MR) is 62.6 cm³/mol. The largest absolute Gasteiger partial charge is 0.383 e. The third-order valence-corrected chi connectivity index (χ3v) is 1.92. The Morgan fingerprint density at radius 3 is 2.67 bits per heavy atom. The predicted octanol–water partition coefficient (Wildman–Crippen LogP) is 1.83. The number of hydrogen-bond donors (Lipinski definition) is 1. The maximum absolute atomic E-state index is 11.7. The topological polar surface area (TPSA) is 38.3 Å². The number of rotatable bonds is 6. The van der Waals surface area contributed by atoms with Crippen LogP contribution in [0, 0.1) is 0 Å². The van der Waals surface area contributed by atoms with Gasteiger partial charge in [-0.1, -0.05) is 24.8 Å². The molecule has 0 radical (unpaired) electrons. The minimum atomic E-state index is -0.0786. The fraction of sp³-hybridized carbons (Fsp3) is 0.417. The molecule has 0 heterocycles. The van der Waals surface area contributed by atoms with E-state index in [1.54, 1.807) is 19.3 Å². The molecule has 1 amide bonds. The van der Waals surface area contributed by atoms with Gasteiger partial charge in [0, 0.05) is 19.2 Å². The Hall–Kier alpha value is -1.35. The van der Waals surface area contributed by atoms with Crippen LogP contribution in [-0.4, -0.2) is 26.2 Å². The van der Waals surface area contributed by atoms with Gasteiger partial charge in [0.25, 0.3) is 5.91 Å². The number of carbonyl (C=O) groups excluding carboxylic acids is 1. The molecule has 0 aliphatic carbocycles. The van der Waals surface area contributed by atoms with Crippen molar-refractivity contribution in [3.63, 3.8) is 0 Å². The molecule has 0 saturated carbocycles. The first kappa shape index (κ1) is 13.7. The van der Waals surface area contributed by atoms with Crippen molar-refractivity contribution in [2.24, 2.45) is 0 Å². The van der Waals surface area contributed by atoms with Crippen LogP contribution in [0.5, 0.6) is 0 Å². The van der Waals surface area contributed by atoms with Crippen LogP contribution in [-0.2, 0) is 9.53 Å². The molecule has 0 saturated heterocycles. The fourth-order valence-corrected chi connectivity index (χ4v) is 1.17. The Kier molecular flexibility index (Phi) is 7.28. The van der Waals surface area contributed by atoms with Crippen LogP contribution in [0.1, 0.15) is 13.8 Å². The molecule has 84 valence electrons. The molecule has 15 heavy (non-hydrogen) atoms.